The highest BCUT2D eigenvalue weighted by atomic mass is 16.2. The number of carbonyl (C=O) groups excluding carboxylic acids is 2. The normalized spacial score (nSPS) is 36.8. The third-order valence-electron chi connectivity index (χ3n) is 7.61. The summed E-state index contributed by atoms with van der Waals surface area (Å²) in [5.74, 6) is 3.38. The smallest absolute Gasteiger partial charge is 0.243 e. The maximum absolute atomic E-state index is 13.1. The van der Waals surface area contributed by atoms with E-state index in [9.17, 15) is 9.59 Å². The van der Waals surface area contributed by atoms with Gasteiger partial charge in [-0.3, -0.25) is 9.59 Å². The van der Waals surface area contributed by atoms with E-state index in [0.717, 1.165) is 30.2 Å². The summed E-state index contributed by atoms with van der Waals surface area (Å²) in [5.41, 5.74) is 1.02. The molecule has 0 radical (unpaired) electrons. The fraction of sp³-hybridized carbons (Fsp3) is 0.652. The third-order valence-corrected chi connectivity index (χ3v) is 7.61. The minimum Gasteiger partial charge on any atom is -0.351 e. The quantitative estimate of drug-likeness (QED) is 0.890. The molecule has 4 bridgehead atoms. The molecular weight excluding hydrogens is 336 g/mol. The van der Waals surface area contributed by atoms with Gasteiger partial charge in [0, 0.05) is 12.6 Å². The molecule has 1 saturated heterocycles. The van der Waals surface area contributed by atoms with Crippen LogP contribution in [0.4, 0.5) is 0 Å². The van der Waals surface area contributed by atoms with Gasteiger partial charge >= 0.3 is 0 Å². The standard InChI is InChI=1S/C23H30N2O2/c26-21(14-15-5-2-1-3-6-15)25-8-4-7-20(25)23(27)24-22-18-10-16-9-17(12-18)13-19(22)11-16/h1-3,5-6,16-20,22H,4,7-14H2,(H,24,27). The number of likely N-dealkylation sites (tertiary alicyclic amines) is 1. The van der Waals surface area contributed by atoms with Crippen LogP contribution < -0.4 is 5.32 Å². The van der Waals surface area contributed by atoms with Crippen molar-refractivity contribution in [3.8, 4) is 0 Å². The molecule has 4 aliphatic carbocycles. The van der Waals surface area contributed by atoms with E-state index in [1.807, 2.05) is 35.2 Å². The predicted octanol–water partition coefficient (Wildman–Crippen LogP) is 3.16. The number of nitrogens with one attached hydrogen (secondary N) is 1. The van der Waals surface area contributed by atoms with E-state index in [1.54, 1.807) is 0 Å². The Bertz CT molecular complexity index is 688. The summed E-state index contributed by atoms with van der Waals surface area (Å²) in [6.07, 6.45) is 8.78. The van der Waals surface area contributed by atoms with Crippen LogP contribution in [-0.2, 0) is 16.0 Å². The van der Waals surface area contributed by atoms with E-state index in [-0.39, 0.29) is 17.9 Å². The van der Waals surface area contributed by atoms with Gasteiger partial charge in [-0.25, -0.2) is 0 Å². The summed E-state index contributed by atoms with van der Waals surface area (Å²) in [7, 11) is 0. The Morgan fingerprint density at radius 1 is 0.963 bits per heavy atom. The van der Waals surface area contributed by atoms with Crippen LogP contribution in [0.15, 0.2) is 30.3 Å². The van der Waals surface area contributed by atoms with Crippen molar-refractivity contribution in [2.75, 3.05) is 6.54 Å². The van der Waals surface area contributed by atoms with Crippen LogP contribution in [0.2, 0.25) is 0 Å². The topological polar surface area (TPSA) is 49.4 Å². The van der Waals surface area contributed by atoms with E-state index in [1.165, 1.54) is 32.1 Å². The molecule has 27 heavy (non-hydrogen) atoms. The summed E-state index contributed by atoms with van der Waals surface area (Å²) in [4.78, 5) is 27.7. The molecule has 0 aromatic heterocycles. The van der Waals surface area contributed by atoms with Crippen LogP contribution in [0.3, 0.4) is 0 Å². The number of carbonyl (C=O) groups is 2. The molecule has 0 spiro atoms. The van der Waals surface area contributed by atoms with Crippen LogP contribution in [0.25, 0.3) is 0 Å². The second-order valence-electron chi connectivity index (χ2n) is 9.37. The van der Waals surface area contributed by atoms with Crippen molar-refractivity contribution in [1.29, 1.82) is 0 Å². The first-order valence-electron chi connectivity index (χ1n) is 10.8. The Morgan fingerprint density at radius 3 is 2.30 bits per heavy atom. The number of amides is 2. The minimum absolute atomic E-state index is 0.0870. The Balaban J connectivity index is 1.24. The average Bonchev–Trinajstić information content (AvgIpc) is 3.15. The summed E-state index contributed by atoms with van der Waals surface area (Å²) in [5, 5.41) is 3.42. The van der Waals surface area contributed by atoms with E-state index in [4.69, 9.17) is 0 Å². The molecule has 1 aromatic rings. The second kappa shape index (κ2) is 6.96. The number of benzene rings is 1. The van der Waals surface area contributed by atoms with E-state index in [2.05, 4.69) is 5.32 Å². The summed E-state index contributed by atoms with van der Waals surface area (Å²) >= 11 is 0. The summed E-state index contributed by atoms with van der Waals surface area (Å²) in [6, 6.07) is 9.95. The number of hydrogen-bond acceptors (Lipinski definition) is 2. The lowest BCUT2D eigenvalue weighted by Crippen LogP contribution is -2.58. The van der Waals surface area contributed by atoms with Gasteiger partial charge in [-0.15, -0.1) is 0 Å². The zero-order valence-corrected chi connectivity index (χ0v) is 16.0. The number of nitrogens with zero attached hydrogens (tertiary/aromatic N) is 1. The van der Waals surface area contributed by atoms with Crippen molar-refractivity contribution in [2.45, 2.75) is 63.5 Å². The molecule has 1 heterocycles. The Hall–Kier alpha value is -1.84. The van der Waals surface area contributed by atoms with Gasteiger partial charge in [0.05, 0.1) is 6.42 Å². The molecular formula is C23H30N2O2. The lowest BCUT2D eigenvalue weighted by molar-refractivity contribution is -0.139. The van der Waals surface area contributed by atoms with Gasteiger partial charge in [0.2, 0.25) is 11.8 Å². The lowest BCUT2D eigenvalue weighted by atomic mass is 9.54. The van der Waals surface area contributed by atoms with Crippen molar-refractivity contribution in [3.63, 3.8) is 0 Å². The first-order valence-corrected chi connectivity index (χ1v) is 10.8. The SMILES string of the molecule is O=C(NC1C2CC3CC(C2)CC1C3)C1CCCN1C(=O)Cc1ccccc1. The molecule has 1 aromatic carbocycles. The Kier molecular flexibility index (Phi) is 4.45. The van der Waals surface area contributed by atoms with Gasteiger partial charge in [0.1, 0.15) is 6.04 Å². The van der Waals surface area contributed by atoms with Crippen molar-refractivity contribution in [1.82, 2.24) is 10.2 Å². The van der Waals surface area contributed by atoms with E-state index >= 15 is 0 Å². The fourth-order valence-corrected chi connectivity index (χ4v) is 6.63. The first-order chi connectivity index (χ1) is 13.2. The van der Waals surface area contributed by atoms with Crippen molar-refractivity contribution >= 4 is 11.8 Å². The number of rotatable bonds is 4. The average molecular weight is 367 g/mol. The molecule has 6 rings (SSSR count). The molecule has 4 saturated carbocycles. The van der Waals surface area contributed by atoms with Crippen molar-refractivity contribution in [2.24, 2.45) is 23.7 Å². The summed E-state index contributed by atoms with van der Waals surface area (Å²) < 4.78 is 0. The lowest BCUT2D eigenvalue weighted by Gasteiger charge is -2.54. The molecule has 4 nitrogen and oxygen atoms in total. The Labute approximate surface area is 161 Å². The van der Waals surface area contributed by atoms with Crippen molar-refractivity contribution in [3.05, 3.63) is 35.9 Å². The maximum Gasteiger partial charge on any atom is 0.243 e. The maximum atomic E-state index is 13.1. The van der Waals surface area contributed by atoms with Crippen LogP contribution in [0.5, 0.6) is 0 Å². The zero-order chi connectivity index (χ0) is 18.4. The zero-order valence-electron chi connectivity index (χ0n) is 16.0. The molecule has 144 valence electrons. The van der Waals surface area contributed by atoms with Crippen molar-refractivity contribution < 1.29 is 9.59 Å². The van der Waals surface area contributed by atoms with Gasteiger partial charge in [-0.2, -0.15) is 0 Å². The highest BCUT2D eigenvalue weighted by Gasteiger charge is 2.49. The third kappa shape index (κ3) is 3.28. The predicted molar refractivity (Wildman–Crippen MR) is 104 cm³/mol. The molecule has 1 atom stereocenters. The molecule has 1 unspecified atom stereocenters. The molecule has 2 amide bonds. The number of hydrogen-bond donors (Lipinski definition) is 1. The monoisotopic (exact) mass is 366 g/mol. The molecule has 4 heteroatoms. The van der Waals surface area contributed by atoms with Crippen LogP contribution >= 0.6 is 0 Å². The van der Waals surface area contributed by atoms with Gasteiger partial charge in [0.25, 0.3) is 0 Å². The fourth-order valence-electron chi connectivity index (χ4n) is 6.63. The van der Waals surface area contributed by atoms with Gasteiger partial charge in [0.15, 0.2) is 0 Å². The van der Waals surface area contributed by atoms with Crippen LogP contribution in [0.1, 0.15) is 50.5 Å². The first kappa shape index (κ1) is 17.3. The molecule has 1 N–H and O–H groups in total. The second-order valence-corrected chi connectivity index (χ2v) is 9.37. The van der Waals surface area contributed by atoms with Crippen LogP contribution in [-0.4, -0.2) is 35.3 Å². The van der Waals surface area contributed by atoms with Crippen LogP contribution in [0, 0.1) is 23.7 Å². The highest BCUT2D eigenvalue weighted by Crippen LogP contribution is 2.53. The Morgan fingerprint density at radius 2 is 1.63 bits per heavy atom. The van der Waals surface area contributed by atoms with E-state index < -0.39 is 0 Å². The molecule has 1 aliphatic heterocycles. The largest absolute Gasteiger partial charge is 0.351 e. The highest BCUT2D eigenvalue weighted by molar-refractivity contribution is 5.89. The minimum atomic E-state index is -0.265. The van der Waals surface area contributed by atoms with Gasteiger partial charge in [-0.05, 0) is 74.2 Å². The van der Waals surface area contributed by atoms with Gasteiger partial charge < -0.3 is 10.2 Å². The molecule has 5 aliphatic rings. The summed E-state index contributed by atoms with van der Waals surface area (Å²) in [6.45, 7) is 0.714. The molecule has 5 fully saturated rings. The van der Waals surface area contributed by atoms with E-state index in [0.29, 0.717) is 30.8 Å². The van der Waals surface area contributed by atoms with Gasteiger partial charge in [-0.1, -0.05) is 30.3 Å².